The third-order valence-corrected chi connectivity index (χ3v) is 5.85. The van der Waals surface area contributed by atoms with Crippen molar-refractivity contribution >= 4 is 18.0 Å². The van der Waals surface area contributed by atoms with Crippen LogP contribution in [0.3, 0.4) is 0 Å². The molecule has 8 nitrogen and oxygen atoms in total. The quantitative estimate of drug-likeness (QED) is 0.100. The number of rotatable bonds is 14. The van der Waals surface area contributed by atoms with E-state index in [4.69, 9.17) is 15.9 Å². The highest BCUT2D eigenvalue weighted by Gasteiger charge is 2.15. The average molecular weight is 473 g/mol. The molecule has 1 fully saturated rings. The van der Waals surface area contributed by atoms with Gasteiger partial charge in [0.15, 0.2) is 11.7 Å². The Morgan fingerprint density at radius 3 is 2.56 bits per heavy atom. The summed E-state index contributed by atoms with van der Waals surface area (Å²) in [6, 6.07) is 0. The van der Waals surface area contributed by atoms with Crippen LogP contribution in [-0.4, -0.2) is 56.8 Å². The predicted octanol–water partition coefficient (Wildman–Crippen LogP) is 3.84. The second-order valence-electron chi connectivity index (χ2n) is 8.61. The van der Waals surface area contributed by atoms with E-state index in [2.05, 4.69) is 15.6 Å². The molecule has 8 heteroatoms. The Labute approximate surface area is 205 Å². The van der Waals surface area contributed by atoms with Gasteiger partial charge in [0.1, 0.15) is 12.5 Å². The van der Waals surface area contributed by atoms with Crippen LogP contribution < -0.4 is 16.4 Å². The van der Waals surface area contributed by atoms with Gasteiger partial charge >= 0.3 is 0 Å². The normalized spacial score (nSPS) is 16.9. The van der Waals surface area contributed by atoms with Crippen molar-refractivity contribution in [3.05, 3.63) is 47.0 Å². The smallest absolute Gasteiger partial charge is 0.190 e. The third kappa shape index (κ3) is 10.8. The lowest BCUT2D eigenvalue weighted by Gasteiger charge is -2.22. The van der Waals surface area contributed by atoms with Crippen LogP contribution in [0.15, 0.2) is 52.0 Å². The minimum absolute atomic E-state index is 0.0253. The summed E-state index contributed by atoms with van der Waals surface area (Å²) < 4.78 is 5.83. The maximum atomic E-state index is 12.2. The fourth-order valence-electron chi connectivity index (χ4n) is 3.78. The standard InChI is InChI=1S/C26H44N6O2/c1-6-10-23(24(33)17-29-4)14-13-20(2)30-19-31-26(32(5)18-27)21(3)25(28)34-16-15-22-11-8-7-9-12-22/h6,10,13-14,18,22,27,29-30H,7-9,11-12,15-17,19,28H2,1-5H3/b10-6-,20-13+,23-14+,25-21+,27-18?,31-26+. The van der Waals surface area contributed by atoms with Gasteiger partial charge in [0.05, 0.1) is 25.1 Å². The molecule has 1 rings (SSSR count). The molecule has 34 heavy (non-hydrogen) atoms. The SMILES string of the molecule is C\C=C/C(=C\C=C(/C)NC/N=C(\C(C)=C(/N)OCCC1CCCCC1)N(C)C=N)C(=O)CNC. The molecule has 0 aromatic carbocycles. The molecule has 0 atom stereocenters. The molecule has 0 spiro atoms. The number of carbonyl (C=O) groups excluding carboxylic acids is 1. The topological polar surface area (TPSA) is 116 Å². The van der Waals surface area contributed by atoms with E-state index in [0.717, 1.165) is 18.0 Å². The lowest BCUT2D eigenvalue weighted by molar-refractivity contribution is -0.114. The fourth-order valence-corrected chi connectivity index (χ4v) is 3.78. The van der Waals surface area contributed by atoms with Gasteiger partial charge in [-0.2, -0.15) is 0 Å². The van der Waals surface area contributed by atoms with Crippen molar-refractivity contribution in [2.75, 3.05) is 33.9 Å². The molecule has 190 valence electrons. The van der Waals surface area contributed by atoms with E-state index in [1.54, 1.807) is 31.1 Å². The summed E-state index contributed by atoms with van der Waals surface area (Å²) in [5.74, 6) is 1.67. The van der Waals surface area contributed by atoms with E-state index in [1.165, 1.54) is 38.4 Å². The van der Waals surface area contributed by atoms with Crippen molar-refractivity contribution in [2.45, 2.75) is 59.3 Å². The first kappa shape index (κ1) is 29.2. The second kappa shape index (κ2) is 16.7. The van der Waals surface area contributed by atoms with E-state index >= 15 is 0 Å². The van der Waals surface area contributed by atoms with Gasteiger partial charge in [0, 0.05) is 18.3 Å². The zero-order chi connectivity index (χ0) is 25.3. The number of nitrogens with zero attached hydrogens (tertiary/aromatic N) is 2. The van der Waals surface area contributed by atoms with Crippen LogP contribution in [0.25, 0.3) is 0 Å². The molecule has 0 heterocycles. The number of carbonyl (C=O) groups is 1. The Kier molecular flexibility index (Phi) is 14.3. The van der Waals surface area contributed by atoms with Crippen molar-refractivity contribution in [2.24, 2.45) is 16.6 Å². The highest BCUT2D eigenvalue weighted by Crippen LogP contribution is 2.26. The Morgan fingerprint density at radius 2 is 1.94 bits per heavy atom. The van der Waals surface area contributed by atoms with Crippen LogP contribution in [0.4, 0.5) is 0 Å². The molecular weight excluding hydrogens is 428 g/mol. The number of allylic oxidation sites excluding steroid dienone is 5. The molecule has 1 saturated carbocycles. The number of hydrogen-bond donors (Lipinski definition) is 4. The summed E-state index contributed by atoms with van der Waals surface area (Å²) in [5, 5.41) is 13.7. The Balaban J connectivity index is 2.79. The number of Topliss-reactive ketones (excluding diaryl/α,β-unsaturated/α-hetero) is 1. The minimum atomic E-state index is 0.0253. The number of aliphatic imine (C=N–C) groups is 1. The fraction of sp³-hybridized carbons (Fsp3) is 0.577. The van der Waals surface area contributed by atoms with Gasteiger partial charge in [-0.05, 0) is 52.3 Å². The van der Waals surface area contributed by atoms with Crippen molar-refractivity contribution in [1.29, 1.82) is 5.41 Å². The number of nitrogens with one attached hydrogen (secondary N) is 3. The van der Waals surface area contributed by atoms with Crippen molar-refractivity contribution in [3.63, 3.8) is 0 Å². The number of nitrogens with two attached hydrogens (primary N) is 1. The molecule has 5 N–H and O–H groups in total. The minimum Gasteiger partial charge on any atom is -0.479 e. The van der Waals surface area contributed by atoms with Crippen LogP contribution in [0, 0.1) is 11.3 Å². The third-order valence-electron chi connectivity index (χ3n) is 5.85. The van der Waals surface area contributed by atoms with Gasteiger partial charge in [-0.15, -0.1) is 0 Å². The first-order chi connectivity index (χ1) is 16.3. The lowest BCUT2D eigenvalue weighted by Crippen LogP contribution is -2.29. The van der Waals surface area contributed by atoms with E-state index in [-0.39, 0.29) is 12.3 Å². The van der Waals surface area contributed by atoms with Gasteiger partial charge in [-0.3, -0.25) is 10.2 Å². The molecule has 0 unspecified atom stereocenters. The molecular formula is C26H44N6O2. The van der Waals surface area contributed by atoms with E-state index in [9.17, 15) is 4.79 Å². The largest absolute Gasteiger partial charge is 0.479 e. The molecule has 0 saturated heterocycles. The van der Waals surface area contributed by atoms with Crippen molar-refractivity contribution in [3.8, 4) is 0 Å². The molecule has 1 aliphatic rings. The van der Waals surface area contributed by atoms with Gasteiger partial charge in [-0.1, -0.05) is 44.3 Å². The number of ether oxygens (including phenoxy) is 1. The Hall–Kier alpha value is -2.87. The Morgan fingerprint density at radius 1 is 1.24 bits per heavy atom. The maximum absolute atomic E-state index is 12.2. The van der Waals surface area contributed by atoms with E-state index in [1.807, 2.05) is 32.9 Å². The van der Waals surface area contributed by atoms with Crippen LogP contribution in [0.5, 0.6) is 0 Å². The van der Waals surface area contributed by atoms with Crippen molar-refractivity contribution in [1.82, 2.24) is 15.5 Å². The summed E-state index contributed by atoms with van der Waals surface area (Å²) in [6.45, 7) is 6.83. The van der Waals surface area contributed by atoms with E-state index < -0.39 is 0 Å². The van der Waals surface area contributed by atoms with Gasteiger partial charge in [0.25, 0.3) is 0 Å². The average Bonchev–Trinajstić information content (AvgIpc) is 2.84. The molecule has 0 aromatic rings. The molecule has 0 amide bonds. The Bertz CT molecular complexity index is 804. The predicted molar refractivity (Wildman–Crippen MR) is 142 cm³/mol. The number of hydrogen-bond acceptors (Lipinski definition) is 7. The summed E-state index contributed by atoms with van der Waals surface area (Å²) in [4.78, 5) is 18.3. The van der Waals surface area contributed by atoms with Gasteiger partial charge in [-0.25, -0.2) is 4.99 Å². The summed E-state index contributed by atoms with van der Waals surface area (Å²) in [5.41, 5.74) is 8.40. The summed E-state index contributed by atoms with van der Waals surface area (Å²) in [7, 11) is 3.51. The summed E-state index contributed by atoms with van der Waals surface area (Å²) in [6.07, 6.45) is 16.0. The monoisotopic (exact) mass is 472 g/mol. The lowest BCUT2D eigenvalue weighted by atomic mass is 9.87. The summed E-state index contributed by atoms with van der Waals surface area (Å²) >= 11 is 0. The van der Waals surface area contributed by atoms with Crippen LogP contribution in [0.1, 0.15) is 59.3 Å². The second-order valence-corrected chi connectivity index (χ2v) is 8.61. The maximum Gasteiger partial charge on any atom is 0.190 e. The number of ketones is 1. The van der Waals surface area contributed by atoms with Crippen molar-refractivity contribution < 1.29 is 9.53 Å². The number of likely N-dealkylation sites (N-methyl/N-ethyl adjacent to an activating group) is 2. The molecule has 0 aromatic heterocycles. The molecule has 0 aliphatic heterocycles. The molecule has 0 radical (unpaired) electrons. The van der Waals surface area contributed by atoms with Crippen LogP contribution in [0.2, 0.25) is 0 Å². The number of amidine groups is 1. The molecule has 0 bridgehead atoms. The first-order valence-electron chi connectivity index (χ1n) is 12.1. The first-order valence-corrected chi connectivity index (χ1v) is 12.1. The van der Waals surface area contributed by atoms with E-state index in [0.29, 0.717) is 36.1 Å². The highest BCUT2D eigenvalue weighted by atomic mass is 16.5. The van der Waals surface area contributed by atoms with Gasteiger partial charge in [0.2, 0.25) is 0 Å². The van der Waals surface area contributed by atoms with Crippen LogP contribution in [-0.2, 0) is 9.53 Å². The van der Waals surface area contributed by atoms with Crippen LogP contribution >= 0.6 is 0 Å². The zero-order valence-electron chi connectivity index (χ0n) is 21.6. The molecule has 1 aliphatic carbocycles. The van der Waals surface area contributed by atoms with Gasteiger partial charge < -0.3 is 26.0 Å². The highest BCUT2D eigenvalue weighted by molar-refractivity contribution is 6.03. The zero-order valence-corrected chi connectivity index (χ0v) is 21.6.